The monoisotopic (exact) mass is 697 g/mol. The maximum atomic E-state index is 12.2. The molecular weight excluding hydrogens is 626 g/mol. The molecule has 2 N–H and O–H groups in total. The first-order valence-electron chi connectivity index (χ1n) is 19.2. The predicted molar refractivity (Wildman–Crippen MR) is 187 cm³/mol. The summed E-state index contributed by atoms with van der Waals surface area (Å²) in [7, 11) is 0. The predicted octanol–water partition coefficient (Wildman–Crippen LogP) is 2.88. The van der Waals surface area contributed by atoms with Crippen molar-refractivity contribution >= 4 is 23.7 Å². The van der Waals surface area contributed by atoms with Gasteiger partial charge in [-0.05, 0) is 50.3 Å². The van der Waals surface area contributed by atoms with Crippen LogP contribution in [0.5, 0.6) is 0 Å². The molecule has 0 spiro atoms. The second-order valence-electron chi connectivity index (χ2n) is 13.4. The topological polar surface area (TPSA) is 145 Å². The fourth-order valence-electron chi connectivity index (χ4n) is 5.92. The van der Waals surface area contributed by atoms with Crippen molar-refractivity contribution in [3.63, 3.8) is 0 Å². The summed E-state index contributed by atoms with van der Waals surface area (Å²) in [6.07, 6.45) is 28.1. The van der Waals surface area contributed by atoms with Crippen LogP contribution in [0, 0.1) is 11.8 Å². The summed E-state index contributed by atoms with van der Waals surface area (Å²) in [5.74, 6) is -3.78. The van der Waals surface area contributed by atoms with Gasteiger partial charge in [-0.25, -0.2) is 0 Å². The Kier molecular flexibility index (Phi) is 43.2. The Morgan fingerprint density at radius 1 is 0.458 bits per heavy atom. The van der Waals surface area contributed by atoms with Crippen molar-refractivity contribution in [1.82, 2.24) is 0 Å². The summed E-state index contributed by atoms with van der Waals surface area (Å²) < 4.78 is 0. The first-order chi connectivity index (χ1) is 22.3. The smallest absolute Gasteiger partial charge is 0.862 e. The summed E-state index contributed by atoms with van der Waals surface area (Å²) in [6, 6.07) is 0. The van der Waals surface area contributed by atoms with Gasteiger partial charge in [0.2, 0.25) is 0 Å². The first-order valence-corrected chi connectivity index (χ1v) is 19.2. The zero-order chi connectivity index (χ0) is 34.1. The van der Waals surface area contributed by atoms with E-state index in [2.05, 4.69) is 23.8 Å². The minimum Gasteiger partial charge on any atom is -0.862 e. The molecule has 2 unspecified atom stereocenters. The number of carbonyl (C=O) groups is 2. The molecule has 0 rings (SSSR count). The zero-order valence-corrected chi connectivity index (χ0v) is 35.8. The van der Waals surface area contributed by atoms with Crippen LogP contribution in [0.1, 0.15) is 194 Å². The van der Waals surface area contributed by atoms with Gasteiger partial charge in [-0.2, -0.15) is 0 Å². The Morgan fingerprint density at radius 2 is 0.708 bits per heavy atom. The molecule has 0 saturated carbocycles. The summed E-state index contributed by atoms with van der Waals surface area (Å²) in [4.78, 5) is 31.3. The molecule has 0 amide bonds. The van der Waals surface area contributed by atoms with Gasteiger partial charge in [0.05, 0.1) is 11.8 Å². The molecule has 0 aromatic rings. The number of aliphatic carboxylic acids is 2. The number of nitrogens with zero attached hydrogens (tertiary/aromatic N) is 2. The Balaban J connectivity index is -0.0000101. The van der Waals surface area contributed by atoms with Gasteiger partial charge in [-0.1, -0.05) is 155 Å². The van der Waals surface area contributed by atoms with Gasteiger partial charge in [-0.15, -0.1) is 0 Å². The second kappa shape index (κ2) is 39.7. The van der Waals surface area contributed by atoms with Crippen molar-refractivity contribution in [2.24, 2.45) is 21.8 Å². The van der Waals surface area contributed by atoms with E-state index in [1.54, 1.807) is 0 Å². The maximum absolute atomic E-state index is 12.2. The molecule has 0 fully saturated rings. The van der Waals surface area contributed by atoms with Crippen molar-refractivity contribution in [3.8, 4) is 0 Å². The molecule has 270 valence electrons. The van der Waals surface area contributed by atoms with E-state index < -0.39 is 23.8 Å². The van der Waals surface area contributed by atoms with Crippen molar-refractivity contribution in [3.05, 3.63) is 0 Å². The molecule has 0 heterocycles. The Morgan fingerprint density at radius 3 is 0.979 bits per heavy atom. The number of carboxylic acids is 2. The van der Waals surface area contributed by atoms with E-state index in [0.717, 1.165) is 64.2 Å². The molecule has 0 aliphatic rings. The van der Waals surface area contributed by atoms with E-state index in [1.165, 1.54) is 89.9 Å². The van der Waals surface area contributed by atoms with Crippen LogP contribution in [0.4, 0.5) is 0 Å². The third kappa shape index (κ3) is 35.7. The van der Waals surface area contributed by atoms with Crippen molar-refractivity contribution < 1.29 is 89.1 Å². The minimum atomic E-state index is -0.911. The van der Waals surface area contributed by atoms with E-state index in [4.69, 9.17) is 0 Å². The molecule has 0 radical (unpaired) electrons. The Bertz CT molecular complexity index is 733. The molecule has 10 heteroatoms. The Labute approximate surface area is 338 Å². The summed E-state index contributed by atoms with van der Waals surface area (Å²) >= 11 is 0. The van der Waals surface area contributed by atoms with Gasteiger partial charge in [0.25, 0.3) is 0 Å². The van der Waals surface area contributed by atoms with Crippen LogP contribution in [-0.2, 0) is 9.59 Å². The third-order valence-electron chi connectivity index (χ3n) is 9.00. The number of hydrogen-bond donors (Lipinski definition) is 2. The molecule has 0 aliphatic carbocycles. The van der Waals surface area contributed by atoms with Gasteiger partial charge in [-0.3, -0.25) is 9.59 Å². The van der Waals surface area contributed by atoms with Crippen molar-refractivity contribution in [2.45, 2.75) is 194 Å². The Hall–Kier alpha value is -0.120. The average molecular weight is 697 g/mol. The number of aliphatic imine (C=N–C) groups is 2. The normalized spacial score (nSPS) is 13.0. The standard InChI is InChI=1S/C38H72N2O6.2Na/c1-3-5-7-9-11-13-15-17-19-23-27-33(37(43)44)31-35(41)39-29-25-21-22-26-30-40-36(42)32-34(38(45)46)28-24-20-18-16-14-12-10-8-6-4-2;;/h33-34H,3-32H2,1-2H3,(H,39,41)(H,40,42)(H,43,44)(H,45,46);;/q;2*+1/p-2. The molecule has 0 aliphatic heterocycles. The van der Waals surface area contributed by atoms with Crippen LogP contribution in [0.25, 0.3) is 0 Å². The molecule has 0 aromatic heterocycles. The first kappa shape index (κ1) is 52.2. The largest absolute Gasteiger partial charge is 1.00 e. The van der Waals surface area contributed by atoms with Crippen LogP contribution < -0.4 is 69.3 Å². The van der Waals surface area contributed by atoms with Crippen LogP contribution >= 0.6 is 0 Å². The summed E-state index contributed by atoms with van der Waals surface area (Å²) in [6.45, 7) is 5.22. The van der Waals surface area contributed by atoms with Gasteiger partial charge >= 0.3 is 71.1 Å². The third-order valence-corrected chi connectivity index (χ3v) is 9.00. The van der Waals surface area contributed by atoms with E-state index in [9.17, 15) is 30.0 Å². The fraction of sp³-hybridized carbons (Fsp3) is 0.895. The van der Waals surface area contributed by atoms with Gasteiger partial charge < -0.3 is 30.4 Å². The molecule has 48 heavy (non-hydrogen) atoms. The molecule has 0 bridgehead atoms. The van der Waals surface area contributed by atoms with E-state index >= 15 is 0 Å². The number of hydrogen-bond acceptors (Lipinski definition) is 6. The van der Waals surface area contributed by atoms with Crippen LogP contribution in [0.2, 0.25) is 0 Å². The van der Waals surface area contributed by atoms with Crippen LogP contribution in [-0.4, -0.2) is 47.0 Å². The summed E-state index contributed by atoms with van der Waals surface area (Å²) in [5.41, 5.74) is 0. The second-order valence-corrected chi connectivity index (χ2v) is 13.4. The molecule has 0 aromatic carbocycles. The number of unbranched alkanes of at least 4 members (excludes halogenated alkanes) is 21. The summed E-state index contributed by atoms with van der Waals surface area (Å²) in [5, 5.41) is 43.5. The zero-order valence-electron chi connectivity index (χ0n) is 31.8. The molecule has 8 nitrogen and oxygen atoms in total. The molecular formula is C38H70N2Na2O6. The van der Waals surface area contributed by atoms with Crippen LogP contribution in [0.15, 0.2) is 9.98 Å². The van der Waals surface area contributed by atoms with Crippen molar-refractivity contribution in [1.29, 1.82) is 0 Å². The average Bonchev–Trinajstić information content (AvgIpc) is 3.02. The number of carboxylic acid groups (broad SMARTS) is 2. The fourth-order valence-corrected chi connectivity index (χ4v) is 5.92. The van der Waals surface area contributed by atoms with Crippen LogP contribution in [0.3, 0.4) is 0 Å². The maximum Gasteiger partial charge on any atom is 1.00 e. The minimum absolute atomic E-state index is 0. The SMILES string of the molecule is CCCCCCCCCCCCC(CC([O-])=NCCCCCCN=C([O-])CC(CCCCCCCCCCCC)C(=O)O)C(=O)O.[Na+].[Na+]. The van der Waals surface area contributed by atoms with E-state index in [0.29, 0.717) is 25.9 Å². The molecule has 2 atom stereocenters. The van der Waals surface area contributed by atoms with E-state index in [-0.39, 0.29) is 83.8 Å². The van der Waals surface area contributed by atoms with Gasteiger partial charge in [0.15, 0.2) is 0 Å². The van der Waals surface area contributed by atoms with Gasteiger partial charge in [0.1, 0.15) is 0 Å². The molecule has 0 saturated heterocycles. The number of rotatable bonds is 35. The van der Waals surface area contributed by atoms with E-state index in [1.807, 2.05) is 0 Å². The van der Waals surface area contributed by atoms with Gasteiger partial charge in [0, 0.05) is 13.1 Å². The quantitative estimate of drug-likeness (QED) is 0.0452. The van der Waals surface area contributed by atoms with Crippen molar-refractivity contribution in [2.75, 3.05) is 13.1 Å².